The lowest BCUT2D eigenvalue weighted by atomic mass is 10.1. The van der Waals surface area contributed by atoms with Gasteiger partial charge in [0.05, 0.1) is 0 Å². The van der Waals surface area contributed by atoms with Crippen molar-refractivity contribution in [3.8, 4) is 5.75 Å². The molecule has 0 spiro atoms. The summed E-state index contributed by atoms with van der Waals surface area (Å²) in [6.45, 7) is 3.16. The van der Waals surface area contributed by atoms with Gasteiger partial charge in [0.2, 0.25) is 0 Å². The normalized spacial score (nSPS) is 12.0. The average Bonchev–Trinajstić information content (AvgIpc) is 3.02. The van der Waals surface area contributed by atoms with Crippen molar-refractivity contribution in [2.24, 2.45) is 0 Å². The van der Waals surface area contributed by atoms with Crippen LogP contribution in [0.15, 0.2) is 42.5 Å². The predicted molar refractivity (Wildman–Crippen MR) is 110 cm³/mol. The summed E-state index contributed by atoms with van der Waals surface area (Å²) in [4.78, 5) is 14.5. The number of anilines is 1. The third-order valence-electron chi connectivity index (χ3n) is 4.00. The van der Waals surface area contributed by atoms with Crippen LogP contribution in [0.1, 0.15) is 21.5 Å². The number of hydrogen-bond acceptors (Lipinski definition) is 4. The van der Waals surface area contributed by atoms with E-state index in [2.05, 4.69) is 15.5 Å². The molecular weight excluding hydrogens is 373 g/mol. The average molecular weight is 398 g/mol. The summed E-state index contributed by atoms with van der Waals surface area (Å²) < 4.78 is 5.70. The van der Waals surface area contributed by atoms with E-state index < -0.39 is 0 Å². The number of amides is 1. The molecule has 0 aliphatic carbocycles. The number of nitrogens with zero attached hydrogens (tertiary/aromatic N) is 1. The van der Waals surface area contributed by atoms with Crippen LogP contribution in [-0.2, 0) is 13.1 Å². The Morgan fingerprint density at radius 2 is 1.88 bits per heavy atom. The molecule has 5 nitrogen and oxygen atoms in total. The monoisotopic (exact) mass is 397 g/mol. The molecule has 1 amide bonds. The second kappa shape index (κ2) is 10.4. The smallest absolute Gasteiger partial charge is 0.255 e. The van der Waals surface area contributed by atoms with Crippen molar-refractivity contribution >= 4 is 36.4 Å². The van der Waals surface area contributed by atoms with Gasteiger partial charge in [0.15, 0.2) is 0 Å². The second-order valence-electron chi connectivity index (χ2n) is 6.22. The number of nitrogens with one attached hydrogen (secondary N) is 2. The van der Waals surface area contributed by atoms with Crippen molar-refractivity contribution in [3.05, 3.63) is 59.2 Å². The molecule has 0 atom stereocenters. The fourth-order valence-electron chi connectivity index (χ4n) is 2.65. The second-order valence-corrected chi connectivity index (χ2v) is 6.22. The van der Waals surface area contributed by atoms with Crippen molar-refractivity contribution in [1.29, 1.82) is 0 Å². The van der Waals surface area contributed by atoms with E-state index in [0.29, 0.717) is 12.2 Å². The van der Waals surface area contributed by atoms with Gasteiger partial charge in [0.25, 0.3) is 5.91 Å². The standard InChI is InChI=1S/C19H23N3O2.2ClH/c1-22(2)8-9-24-18-5-3-4-17(11-18)21-19(23)14-6-7-15-12-20-13-16(15)10-14;;/h3-7,10-11,20H,8-9,12-13H2,1-2H3,(H,21,23);2*1H. The number of carbonyl (C=O) groups is 1. The van der Waals surface area contributed by atoms with Crippen molar-refractivity contribution in [3.63, 3.8) is 0 Å². The van der Waals surface area contributed by atoms with E-state index >= 15 is 0 Å². The first-order chi connectivity index (χ1) is 11.6. The Labute approximate surface area is 166 Å². The molecule has 1 aliphatic rings. The molecule has 0 unspecified atom stereocenters. The summed E-state index contributed by atoms with van der Waals surface area (Å²) in [7, 11) is 4.01. The summed E-state index contributed by atoms with van der Waals surface area (Å²) in [5, 5.41) is 6.23. The van der Waals surface area contributed by atoms with Crippen molar-refractivity contribution < 1.29 is 9.53 Å². The summed E-state index contributed by atoms with van der Waals surface area (Å²) in [5.74, 6) is 0.656. The number of halogens is 2. The Hall–Kier alpha value is -1.79. The number of hydrogen-bond donors (Lipinski definition) is 2. The summed E-state index contributed by atoms with van der Waals surface area (Å²) >= 11 is 0. The van der Waals surface area contributed by atoms with Crippen molar-refractivity contribution in [2.45, 2.75) is 13.1 Å². The number of fused-ring (bicyclic) bond motifs is 1. The van der Waals surface area contributed by atoms with Gasteiger partial charge in [-0.3, -0.25) is 4.79 Å². The Morgan fingerprint density at radius 1 is 1.12 bits per heavy atom. The van der Waals surface area contributed by atoms with Crippen LogP contribution >= 0.6 is 24.8 Å². The lowest BCUT2D eigenvalue weighted by Crippen LogP contribution is -2.19. The van der Waals surface area contributed by atoms with Crippen molar-refractivity contribution in [1.82, 2.24) is 10.2 Å². The van der Waals surface area contributed by atoms with Gasteiger partial charge >= 0.3 is 0 Å². The van der Waals surface area contributed by atoms with Gasteiger partial charge in [-0.1, -0.05) is 12.1 Å². The Bertz CT molecular complexity index is 738. The Kier molecular flexibility index (Phi) is 8.88. The van der Waals surface area contributed by atoms with Crippen LogP contribution in [0.3, 0.4) is 0 Å². The van der Waals surface area contributed by atoms with E-state index in [-0.39, 0.29) is 30.7 Å². The molecule has 0 fully saturated rings. The van der Waals surface area contributed by atoms with Gasteiger partial charge in [0, 0.05) is 37.0 Å². The van der Waals surface area contributed by atoms with E-state index in [1.54, 1.807) is 0 Å². The zero-order valence-corrected chi connectivity index (χ0v) is 16.6. The maximum absolute atomic E-state index is 12.4. The zero-order chi connectivity index (χ0) is 16.9. The molecule has 2 N–H and O–H groups in total. The molecule has 0 saturated carbocycles. The number of ether oxygens (including phenoxy) is 1. The van der Waals surface area contributed by atoms with Crippen LogP contribution < -0.4 is 15.4 Å². The first-order valence-corrected chi connectivity index (χ1v) is 8.13. The van der Waals surface area contributed by atoms with E-state index in [4.69, 9.17) is 4.74 Å². The number of rotatable bonds is 6. The molecule has 0 aromatic heterocycles. The first-order valence-electron chi connectivity index (χ1n) is 8.13. The lowest BCUT2D eigenvalue weighted by Gasteiger charge is -2.12. The highest BCUT2D eigenvalue weighted by Gasteiger charge is 2.13. The maximum atomic E-state index is 12.4. The van der Waals surface area contributed by atoms with Gasteiger partial charge in [-0.25, -0.2) is 0 Å². The number of likely N-dealkylation sites (N-methyl/N-ethyl adjacent to an activating group) is 1. The summed E-state index contributed by atoms with van der Waals surface area (Å²) in [6.07, 6.45) is 0. The predicted octanol–water partition coefficient (Wildman–Crippen LogP) is 3.33. The number of benzene rings is 2. The molecule has 0 radical (unpaired) electrons. The highest BCUT2D eigenvalue weighted by atomic mass is 35.5. The maximum Gasteiger partial charge on any atom is 0.255 e. The fraction of sp³-hybridized carbons (Fsp3) is 0.316. The third kappa shape index (κ3) is 5.88. The highest BCUT2D eigenvalue weighted by molar-refractivity contribution is 6.04. The van der Waals surface area contributed by atoms with Gasteiger partial charge in [-0.2, -0.15) is 0 Å². The van der Waals surface area contributed by atoms with Crippen LogP contribution in [0.2, 0.25) is 0 Å². The largest absolute Gasteiger partial charge is 0.492 e. The van der Waals surface area contributed by atoms with Gasteiger partial charge < -0.3 is 20.3 Å². The molecular formula is C19H25Cl2N3O2. The van der Waals surface area contributed by atoms with Crippen LogP contribution in [0.5, 0.6) is 5.75 Å². The molecule has 1 aliphatic heterocycles. The van der Waals surface area contributed by atoms with Gasteiger partial charge in [0.1, 0.15) is 12.4 Å². The number of carbonyl (C=O) groups excluding carboxylic acids is 1. The third-order valence-corrected chi connectivity index (χ3v) is 4.00. The zero-order valence-electron chi connectivity index (χ0n) is 15.0. The quantitative estimate of drug-likeness (QED) is 0.784. The minimum atomic E-state index is -0.102. The van der Waals surface area contributed by atoms with E-state index in [0.717, 1.165) is 31.1 Å². The van der Waals surface area contributed by atoms with E-state index in [1.165, 1.54) is 11.1 Å². The summed E-state index contributed by atoms with van der Waals surface area (Å²) in [5.41, 5.74) is 3.88. The molecule has 2 aromatic rings. The van der Waals surface area contributed by atoms with Gasteiger partial charge in [-0.15, -0.1) is 24.8 Å². The lowest BCUT2D eigenvalue weighted by molar-refractivity contribution is 0.102. The van der Waals surface area contributed by atoms with Crippen LogP contribution in [-0.4, -0.2) is 38.1 Å². The molecule has 3 rings (SSSR count). The molecule has 7 heteroatoms. The van der Waals surface area contributed by atoms with Crippen LogP contribution in [0.4, 0.5) is 5.69 Å². The van der Waals surface area contributed by atoms with Crippen molar-refractivity contribution in [2.75, 3.05) is 32.6 Å². The van der Waals surface area contributed by atoms with E-state index in [1.807, 2.05) is 56.6 Å². The minimum absolute atomic E-state index is 0. The van der Waals surface area contributed by atoms with E-state index in [9.17, 15) is 4.79 Å². The van der Waals surface area contributed by atoms with Crippen LogP contribution in [0, 0.1) is 0 Å². The molecule has 1 heterocycles. The summed E-state index contributed by atoms with van der Waals surface area (Å²) in [6, 6.07) is 13.3. The highest BCUT2D eigenvalue weighted by Crippen LogP contribution is 2.20. The van der Waals surface area contributed by atoms with Gasteiger partial charge in [-0.05, 0) is 49.5 Å². The SMILES string of the molecule is CN(C)CCOc1cccc(NC(=O)c2ccc3c(c2)CNC3)c1.Cl.Cl. The molecule has 26 heavy (non-hydrogen) atoms. The molecule has 0 bridgehead atoms. The fourth-order valence-corrected chi connectivity index (χ4v) is 2.65. The first kappa shape index (κ1) is 22.3. The van der Waals surface area contributed by atoms with Crippen LogP contribution in [0.25, 0.3) is 0 Å². The molecule has 142 valence electrons. The molecule has 2 aromatic carbocycles. The topological polar surface area (TPSA) is 53.6 Å². The molecule has 0 saturated heterocycles. The minimum Gasteiger partial charge on any atom is -0.492 e. The Balaban J connectivity index is 0.00000169. The Morgan fingerprint density at radius 3 is 2.65 bits per heavy atom.